The van der Waals surface area contributed by atoms with Crippen LogP contribution in [-0.4, -0.2) is 16.8 Å². The van der Waals surface area contributed by atoms with Crippen LogP contribution in [0.1, 0.15) is 36.5 Å². The van der Waals surface area contributed by atoms with Gasteiger partial charge in [-0.05, 0) is 66.8 Å². The fourth-order valence-corrected chi connectivity index (χ4v) is 3.61. The van der Waals surface area contributed by atoms with Crippen LogP contribution < -0.4 is 4.74 Å². The Hall–Kier alpha value is -1.59. The first kappa shape index (κ1) is 19.7. The number of rotatable bonds is 7. The highest BCUT2D eigenvalue weighted by molar-refractivity contribution is 7.99. The van der Waals surface area contributed by atoms with Crippen molar-refractivity contribution in [3.05, 3.63) is 47.0 Å². The van der Waals surface area contributed by atoms with E-state index in [2.05, 4.69) is 4.52 Å². The quantitative estimate of drug-likeness (QED) is 0.502. The first-order valence-electron chi connectivity index (χ1n) is 7.81. The molecule has 1 unspecified atom stereocenters. The SMILES string of the molecule is Cc1cc(OCO[P+](=O)O)cc(C)c1Sc1ccc(O)c(C(C)C)c1. The molecule has 0 aliphatic carbocycles. The molecule has 25 heavy (non-hydrogen) atoms. The van der Waals surface area contributed by atoms with Crippen molar-refractivity contribution in [2.45, 2.75) is 43.4 Å². The zero-order chi connectivity index (χ0) is 18.6. The third-order valence-corrected chi connectivity index (χ3v) is 5.33. The second-order valence-electron chi connectivity index (χ2n) is 5.99. The van der Waals surface area contributed by atoms with Crippen LogP contribution in [0.2, 0.25) is 0 Å². The summed E-state index contributed by atoms with van der Waals surface area (Å²) in [5.74, 6) is 1.15. The fourth-order valence-electron chi connectivity index (χ4n) is 2.47. The molecule has 7 heteroatoms. The van der Waals surface area contributed by atoms with Crippen LogP contribution in [0, 0.1) is 13.8 Å². The van der Waals surface area contributed by atoms with Gasteiger partial charge in [0, 0.05) is 14.4 Å². The molecule has 0 saturated carbocycles. The molecule has 2 aromatic rings. The molecule has 0 aromatic heterocycles. The summed E-state index contributed by atoms with van der Waals surface area (Å²) in [6.45, 7) is 7.80. The summed E-state index contributed by atoms with van der Waals surface area (Å²) < 4.78 is 20.4. The van der Waals surface area contributed by atoms with Crippen LogP contribution >= 0.6 is 20.0 Å². The number of ether oxygens (including phenoxy) is 1. The second-order valence-corrected chi connectivity index (χ2v) is 7.81. The van der Waals surface area contributed by atoms with Gasteiger partial charge in [-0.1, -0.05) is 30.1 Å². The van der Waals surface area contributed by atoms with E-state index in [-0.39, 0.29) is 12.7 Å². The Kier molecular flexibility index (Phi) is 6.85. The number of hydrogen-bond acceptors (Lipinski definition) is 5. The Morgan fingerprint density at radius 3 is 2.36 bits per heavy atom. The standard InChI is InChI=1S/C18H21O5PS/c1-11(2)16-9-15(5-6-17(16)19)25-18-12(3)7-14(8-13(18)4)22-10-23-24(20)21/h5-9,11H,10H2,1-4H3,(H-,19,20,21)/p+1. The van der Waals surface area contributed by atoms with Crippen LogP contribution in [-0.2, 0) is 9.09 Å². The lowest BCUT2D eigenvalue weighted by Crippen LogP contribution is -1.99. The van der Waals surface area contributed by atoms with Gasteiger partial charge < -0.3 is 9.84 Å². The topological polar surface area (TPSA) is 76.0 Å². The highest BCUT2D eigenvalue weighted by atomic mass is 32.2. The zero-order valence-corrected chi connectivity index (χ0v) is 16.4. The average molecular weight is 381 g/mol. The summed E-state index contributed by atoms with van der Waals surface area (Å²) in [4.78, 5) is 10.8. The van der Waals surface area contributed by atoms with E-state index in [0.717, 1.165) is 26.5 Å². The van der Waals surface area contributed by atoms with Crippen LogP contribution in [0.15, 0.2) is 40.1 Å². The first-order chi connectivity index (χ1) is 11.8. The van der Waals surface area contributed by atoms with Gasteiger partial charge in [-0.25, -0.2) is 0 Å². The molecule has 2 aromatic carbocycles. The van der Waals surface area contributed by atoms with Gasteiger partial charge in [0.05, 0.1) is 0 Å². The van der Waals surface area contributed by atoms with Crippen molar-refractivity contribution < 1.29 is 23.8 Å². The van der Waals surface area contributed by atoms with Gasteiger partial charge in [0.25, 0.3) is 0 Å². The number of aryl methyl sites for hydroxylation is 2. The Morgan fingerprint density at radius 1 is 1.16 bits per heavy atom. The third kappa shape index (κ3) is 5.44. The molecule has 134 valence electrons. The summed E-state index contributed by atoms with van der Waals surface area (Å²) >= 11 is 1.63. The van der Waals surface area contributed by atoms with Crippen molar-refractivity contribution in [2.24, 2.45) is 0 Å². The van der Waals surface area contributed by atoms with Gasteiger partial charge in [-0.2, -0.15) is 0 Å². The second kappa shape index (κ2) is 8.68. The third-order valence-electron chi connectivity index (χ3n) is 3.66. The molecule has 0 amide bonds. The molecule has 1 atom stereocenters. The Morgan fingerprint density at radius 2 is 1.80 bits per heavy atom. The van der Waals surface area contributed by atoms with Crippen LogP contribution in [0.3, 0.4) is 0 Å². The van der Waals surface area contributed by atoms with Crippen molar-refractivity contribution in [1.82, 2.24) is 0 Å². The minimum absolute atomic E-state index is 0.247. The lowest BCUT2D eigenvalue weighted by molar-refractivity contribution is 0.115. The van der Waals surface area contributed by atoms with Crippen molar-refractivity contribution in [3.8, 4) is 11.5 Å². The highest BCUT2D eigenvalue weighted by Gasteiger charge is 2.14. The van der Waals surface area contributed by atoms with Crippen LogP contribution in [0.4, 0.5) is 0 Å². The van der Waals surface area contributed by atoms with E-state index < -0.39 is 8.25 Å². The Balaban J connectivity index is 2.20. The Labute approximate surface area is 152 Å². The fraction of sp³-hybridized carbons (Fsp3) is 0.333. The minimum atomic E-state index is -2.66. The van der Waals surface area contributed by atoms with Gasteiger partial charge in [-0.15, -0.1) is 4.89 Å². The molecular formula is C18H22O5PS+. The van der Waals surface area contributed by atoms with E-state index in [1.807, 2.05) is 52.0 Å². The monoisotopic (exact) mass is 381 g/mol. The predicted octanol–water partition coefficient (Wildman–Crippen LogP) is 5.29. The van der Waals surface area contributed by atoms with Gasteiger partial charge in [0.2, 0.25) is 6.79 Å². The van der Waals surface area contributed by atoms with E-state index in [4.69, 9.17) is 9.63 Å². The summed E-state index contributed by atoms with van der Waals surface area (Å²) in [5.41, 5.74) is 3.00. The minimum Gasteiger partial charge on any atom is -0.508 e. The van der Waals surface area contributed by atoms with Gasteiger partial charge >= 0.3 is 8.25 Å². The molecule has 0 aliphatic rings. The number of phenolic OH excluding ortho intramolecular Hbond substituents is 1. The number of aromatic hydroxyl groups is 1. The van der Waals surface area contributed by atoms with E-state index >= 15 is 0 Å². The number of hydrogen-bond donors (Lipinski definition) is 2. The van der Waals surface area contributed by atoms with E-state index in [1.54, 1.807) is 17.8 Å². The maximum Gasteiger partial charge on any atom is 0.698 e. The molecule has 0 aliphatic heterocycles. The Bertz CT molecular complexity index is 753. The lowest BCUT2D eigenvalue weighted by Gasteiger charge is -2.14. The summed E-state index contributed by atoms with van der Waals surface area (Å²) in [6, 6.07) is 9.38. The van der Waals surface area contributed by atoms with Crippen molar-refractivity contribution in [2.75, 3.05) is 6.79 Å². The smallest absolute Gasteiger partial charge is 0.508 e. The van der Waals surface area contributed by atoms with Crippen molar-refractivity contribution >= 4 is 20.0 Å². The van der Waals surface area contributed by atoms with Crippen LogP contribution in [0.5, 0.6) is 11.5 Å². The van der Waals surface area contributed by atoms with E-state index in [9.17, 15) is 9.67 Å². The molecule has 0 bridgehead atoms. The largest absolute Gasteiger partial charge is 0.698 e. The summed E-state index contributed by atoms with van der Waals surface area (Å²) in [7, 11) is -2.66. The molecule has 2 rings (SSSR count). The molecule has 5 nitrogen and oxygen atoms in total. The van der Waals surface area contributed by atoms with Gasteiger partial charge in [-0.3, -0.25) is 0 Å². The summed E-state index contributed by atoms with van der Waals surface area (Å²) in [6.07, 6.45) is 0. The molecule has 0 spiro atoms. The van der Waals surface area contributed by atoms with E-state index in [1.165, 1.54) is 0 Å². The lowest BCUT2D eigenvalue weighted by atomic mass is 10.0. The van der Waals surface area contributed by atoms with Crippen LogP contribution in [0.25, 0.3) is 0 Å². The first-order valence-corrected chi connectivity index (χ1v) is 9.76. The number of phenols is 1. The maximum absolute atomic E-state index is 10.5. The number of benzene rings is 2. The summed E-state index contributed by atoms with van der Waals surface area (Å²) in [5, 5.41) is 9.96. The highest BCUT2D eigenvalue weighted by Crippen LogP contribution is 2.38. The van der Waals surface area contributed by atoms with E-state index in [0.29, 0.717) is 11.5 Å². The molecule has 0 heterocycles. The molecule has 0 fully saturated rings. The normalized spacial score (nSPS) is 11.7. The maximum atomic E-state index is 10.5. The average Bonchev–Trinajstić information content (AvgIpc) is 2.51. The molecule has 2 N–H and O–H groups in total. The van der Waals surface area contributed by atoms with Crippen molar-refractivity contribution in [1.29, 1.82) is 0 Å². The van der Waals surface area contributed by atoms with Crippen molar-refractivity contribution in [3.63, 3.8) is 0 Å². The molecule has 0 radical (unpaired) electrons. The predicted molar refractivity (Wildman–Crippen MR) is 98.6 cm³/mol. The van der Waals surface area contributed by atoms with Gasteiger partial charge in [0.1, 0.15) is 11.5 Å². The molecule has 0 saturated heterocycles. The zero-order valence-electron chi connectivity index (χ0n) is 14.6. The van der Waals surface area contributed by atoms with Gasteiger partial charge in [0.15, 0.2) is 0 Å². The molecular weight excluding hydrogens is 359 g/mol.